The van der Waals surface area contributed by atoms with E-state index in [0.29, 0.717) is 0 Å². The zero-order valence-electron chi connectivity index (χ0n) is 5.62. The average Bonchev–Trinajstić information content (AvgIpc) is 1.32. The van der Waals surface area contributed by atoms with Crippen LogP contribution in [0.15, 0.2) is 0 Å². The molecule has 1 fully saturated rings. The number of hydrogen-bond donors (Lipinski definition) is 0. The van der Waals surface area contributed by atoms with Crippen LogP contribution in [0.5, 0.6) is 0 Å². The molecule has 0 unspecified atom stereocenters. The zero-order chi connectivity index (χ0) is 4.62. The Morgan fingerprint density at radius 3 is 0.917 bits per heavy atom. The number of rotatable bonds is 0. The monoisotopic (exact) mass is 231 g/mol. The molecule has 0 aromatic heterocycles. The van der Waals surface area contributed by atoms with Gasteiger partial charge in [-0.15, -0.1) is 0 Å². The fourth-order valence-electron chi connectivity index (χ4n) is 0.103. The van der Waals surface area contributed by atoms with Crippen molar-refractivity contribution in [1.82, 2.24) is 0 Å². The van der Waals surface area contributed by atoms with Crippen molar-refractivity contribution in [2.45, 2.75) is 0 Å². The SMILES string of the molecule is O.O.O.O.O.O.O=S1(=O)[O][Al][O]1. The van der Waals surface area contributed by atoms with Gasteiger partial charge in [0.15, 0.2) is 0 Å². The highest BCUT2D eigenvalue weighted by atomic mass is 32.3. The van der Waals surface area contributed by atoms with E-state index in [1.54, 1.807) is 0 Å². The Morgan fingerprint density at radius 1 is 0.750 bits per heavy atom. The van der Waals surface area contributed by atoms with Crippen LogP contribution in [0.3, 0.4) is 0 Å². The van der Waals surface area contributed by atoms with Gasteiger partial charge in [0.05, 0.1) is 0 Å². The molecule has 12 heteroatoms. The van der Waals surface area contributed by atoms with Crippen molar-refractivity contribution >= 4 is 26.3 Å². The van der Waals surface area contributed by atoms with E-state index in [2.05, 4.69) is 6.47 Å². The fourth-order valence-corrected chi connectivity index (χ4v) is 0.931. The topological polar surface area (TPSA) is 242 Å². The smallest absolute Gasteiger partial charge is 0.412 e. The maximum atomic E-state index is 9.66. The van der Waals surface area contributed by atoms with Crippen molar-refractivity contribution < 1.29 is 47.7 Å². The summed E-state index contributed by atoms with van der Waals surface area (Å²) in [4.78, 5) is 0. The van der Waals surface area contributed by atoms with Crippen molar-refractivity contribution in [3.05, 3.63) is 0 Å². The molecule has 0 aromatic carbocycles. The summed E-state index contributed by atoms with van der Waals surface area (Å²) in [5, 5.41) is 0. The van der Waals surface area contributed by atoms with Gasteiger partial charge in [0, 0.05) is 0 Å². The molecule has 0 saturated carbocycles. The average molecular weight is 231 g/mol. The van der Waals surface area contributed by atoms with Crippen molar-refractivity contribution in [1.29, 1.82) is 0 Å². The third-order valence-corrected chi connectivity index (χ3v) is 2.83. The summed E-state index contributed by atoms with van der Waals surface area (Å²) in [7, 11) is -3.44. The molecule has 0 amide bonds. The molecule has 1 heterocycles. The van der Waals surface area contributed by atoms with Gasteiger partial charge in [0.1, 0.15) is 0 Å². The zero-order valence-corrected chi connectivity index (χ0v) is 7.59. The molecule has 12 N–H and O–H groups in total. The second kappa shape index (κ2) is 13.7. The maximum absolute atomic E-state index is 9.66. The molecule has 81 valence electrons. The van der Waals surface area contributed by atoms with Crippen LogP contribution in [0.25, 0.3) is 0 Å². The van der Waals surface area contributed by atoms with Crippen molar-refractivity contribution in [3.63, 3.8) is 0 Å². The normalized spacial score (nSPS) is 13.7. The lowest BCUT2D eigenvalue weighted by atomic mass is 15.7. The Labute approximate surface area is 74.7 Å². The Balaban J connectivity index is -0.0000000150. The van der Waals surface area contributed by atoms with Gasteiger partial charge in [-0.05, 0) is 0 Å². The van der Waals surface area contributed by atoms with E-state index < -0.39 is 26.3 Å². The van der Waals surface area contributed by atoms with Crippen LogP contribution in [0.2, 0.25) is 0 Å². The molecule has 0 aromatic rings. The van der Waals surface area contributed by atoms with Gasteiger partial charge < -0.3 is 39.3 Å². The molecule has 0 atom stereocenters. The molecular formula is H12AlO10S. The summed E-state index contributed by atoms with van der Waals surface area (Å²) in [5.74, 6) is 0. The lowest BCUT2D eigenvalue weighted by Crippen LogP contribution is -2.27. The molecule has 1 rings (SSSR count). The summed E-state index contributed by atoms with van der Waals surface area (Å²) in [6.45, 7) is 0. The van der Waals surface area contributed by atoms with Crippen molar-refractivity contribution in [3.8, 4) is 0 Å². The van der Waals surface area contributed by atoms with Crippen LogP contribution >= 0.6 is 0 Å². The van der Waals surface area contributed by atoms with Gasteiger partial charge >= 0.3 is 26.3 Å². The Kier molecular flexibility index (Phi) is 45.7. The van der Waals surface area contributed by atoms with Crippen molar-refractivity contribution in [2.24, 2.45) is 0 Å². The molecule has 1 saturated heterocycles. The number of hydrogen-bond acceptors (Lipinski definition) is 4. The van der Waals surface area contributed by atoms with Crippen molar-refractivity contribution in [2.75, 3.05) is 0 Å². The molecular weight excluding hydrogens is 219 g/mol. The Bertz CT molecular complexity index is 124. The Hall–Kier alpha value is 0.162. The van der Waals surface area contributed by atoms with Gasteiger partial charge in [-0.3, -0.25) is 0 Å². The summed E-state index contributed by atoms with van der Waals surface area (Å²) >= 11 is -0.701. The first-order valence-corrected chi connectivity index (χ1v) is 3.41. The standard InChI is InChI=1S/Al.H2O4S.6H2O/c;1-5(2,3)4;;;;;;/h;(H2,1,2,3,4);6*1H2/q+2;;;;;;;/p-2. The van der Waals surface area contributed by atoms with E-state index in [-0.39, 0.29) is 32.9 Å². The van der Waals surface area contributed by atoms with Gasteiger partial charge in [-0.1, -0.05) is 0 Å². The summed E-state index contributed by atoms with van der Waals surface area (Å²) in [6.07, 6.45) is 0. The first-order chi connectivity index (χ1) is 2.71. The molecule has 10 nitrogen and oxygen atoms in total. The van der Waals surface area contributed by atoms with Crippen LogP contribution in [0.4, 0.5) is 0 Å². The Morgan fingerprint density at radius 2 is 0.917 bits per heavy atom. The lowest BCUT2D eigenvalue weighted by Gasteiger charge is -2.10. The molecule has 1 aliphatic rings. The fraction of sp³-hybridized carbons (Fsp3) is 0. The van der Waals surface area contributed by atoms with E-state index in [4.69, 9.17) is 0 Å². The van der Waals surface area contributed by atoms with Gasteiger partial charge in [0.25, 0.3) is 0 Å². The van der Waals surface area contributed by atoms with Crippen LogP contribution in [-0.2, 0) is 16.9 Å². The maximum Gasteiger partial charge on any atom is 0.703 e. The predicted molar refractivity (Wildman–Crippen MR) is 38.5 cm³/mol. The van der Waals surface area contributed by atoms with E-state index in [1.807, 2.05) is 0 Å². The van der Waals surface area contributed by atoms with Gasteiger partial charge in [-0.2, -0.15) is 8.42 Å². The largest absolute Gasteiger partial charge is 0.703 e. The molecule has 1 radical (unpaired) electrons. The predicted octanol–water partition coefficient (Wildman–Crippen LogP) is -6.14. The highest BCUT2D eigenvalue weighted by Gasteiger charge is 2.26. The minimum atomic E-state index is -3.44. The molecule has 12 heavy (non-hydrogen) atoms. The summed E-state index contributed by atoms with van der Waals surface area (Å²) < 4.78 is 27.2. The summed E-state index contributed by atoms with van der Waals surface area (Å²) in [6, 6.07) is 0. The lowest BCUT2D eigenvalue weighted by molar-refractivity contribution is 0.313. The highest BCUT2D eigenvalue weighted by Crippen LogP contribution is 2.02. The third kappa shape index (κ3) is 12.8. The molecule has 1 aliphatic heterocycles. The molecule has 0 aliphatic carbocycles. The minimum absolute atomic E-state index is 0. The third-order valence-electron chi connectivity index (χ3n) is 0.314. The molecule has 0 spiro atoms. The van der Waals surface area contributed by atoms with Gasteiger partial charge in [-0.25, -0.2) is 0 Å². The second-order valence-electron chi connectivity index (χ2n) is 0.697. The van der Waals surface area contributed by atoms with E-state index in [1.165, 1.54) is 0 Å². The van der Waals surface area contributed by atoms with Crippen LogP contribution in [0.1, 0.15) is 0 Å². The van der Waals surface area contributed by atoms with E-state index in [9.17, 15) is 8.42 Å². The van der Waals surface area contributed by atoms with Crippen LogP contribution in [0, 0.1) is 0 Å². The first-order valence-electron chi connectivity index (χ1n) is 1.14. The van der Waals surface area contributed by atoms with E-state index in [0.717, 1.165) is 0 Å². The highest BCUT2D eigenvalue weighted by molar-refractivity contribution is 7.85. The minimum Gasteiger partial charge on any atom is -0.412 e. The summed E-state index contributed by atoms with van der Waals surface area (Å²) in [5.41, 5.74) is 0. The van der Waals surface area contributed by atoms with Crippen LogP contribution in [-0.4, -0.2) is 57.2 Å². The quantitative estimate of drug-likeness (QED) is 0.369. The molecule has 0 bridgehead atoms. The van der Waals surface area contributed by atoms with Crippen LogP contribution < -0.4 is 0 Å². The first kappa shape index (κ1) is 39.9. The second-order valence-corrected chi connectivity index (χ2v) is 3.25. The van der Waals surface area contributed by atoms with Gasteiger partial charge in [0.2, 0.25) is 0 Å². The van der Waals surface area contributed by atoms with E-state index >= 15 is 0 Å².